The van der Waals surface area contributed by atoms with Crippen molar-refractivity contribution in [2.75, 3.05) is 19.6 Å². The first-order valence-corrected chi connectivity index (χ1v) is 10.8. The topological polar surface area (TPSA) is 30.3 Å². The van der Waals surface area contributed by atoms with E-state index >= 15 is 0 Å². The van der Waals surface area contributed by atoms with Crippen molar-refractivity contribution in [2.24, 2.45) is 11.8 Å². The fourth-order valence-electron chi connectivity index (χ4n) is 4.69. The van der Waals surface area contributed by atoms with Gasteiger partial charge in [-0.05, 0) is 61.0 Å². The van der Waals surface area contributed by atoms with Gasteiger partial charge in [0, 0.05) is 24.3 Å². The minimum Gasteiger partial charge on any atom is -0.471 e. The zero-order valence-electron chi connectivity index (χ0n) is 16.5. The van der Waals surface area contributed by atoms with E-state index in [-0.39, 0.29) is 0 Å². The number of hydrogen-bond donors (Lipinski definition) is 0. The third kappa shape index (κ3) is 4.19. The minimum atomic E-state index is 0.512. The Labute approximate surface area is 177 Å². The molecule has 0 aliphatic carbocycles. The Bertz CT molecular complexity index is 946. The van der Waals surface area contributed by atoms with Gasteiger partial charge in [-0.25, -0.2) is 0 Å². The van der Waals surface area contributed by atoms with Crippen LogP contribution >= 0.6 is 11.6 Å². The number of benzene rings is 2. The van der Waals surface area contributed by atoms with Gasteiger partial charge in [0.15, 0.2) is 0 Å². The van der Waals surface area contributed by atoms with Crippen LogP contribution in [0.4, 0.5) is 0 Å². The van der Waals surface area contributed by atoms with Crippen molar-refractivity contribution < 1.29 is 4.74 Å². The lowest BCUT2D eigenvalue weighted by atomic mass is 9.79. The van der Waals surface area contributed by atoms with Gasteiger partial charge in [0.05, 0.1) is 5.56 Å². The van der Waals surface area contributed by atoms with Gasteiger partial charge in [-0.15, -0.1) is 5.10 Å². The molecule has 29 heavy (non-hydrogen) atoms. The van der Waals surface area contributed by atoms with Crippen molar-refractivity contribution in [1.82, 2.24) is 14.7 Å². The molecule has 0 saturated carbocycles. The van der Waals surface area contributed by atoms with Gasteiger partial charge >= 0.3 is 0 Å². The molecular weight excluding hydrogens is 382 g/mol. The highest BCUT2D eigenvalue weighted by Crippen LogP contribution is 2.35. The van der Waals surface area contributed by atoms with Gasteiger partial charge in [-0.3, -0.25) is 4.68 Å². The van der Waals surface area contributed by atoms with Gasteiger partial charge in [0.1, 0.15) is 6.61 Å². The van der Waals surface area contributed by atoms with Gasteiger partial charge in [-0.1, -0.05) is 54.1 Å². The summed E-state index contributed by atoms with van der Waals surface area (Å²) in [6.07, 6.45) is 4.79. The maximum atomic E-state index is 6.16. The molecule has 0 radical (unpaired) electrons. The molecule has 3 saturated heterocycles. The van der Waals surface area contributed by atoms with Crippen LogP contribution in [0.25, 0.3) is 11.1 Å². The van der Waals surface area contributed by atoms with Crippen LogP contribution in [0.1, 0.15) is 18.4 Å². The lowest BCUT2D eigenvalue weighted by Crippen LogP contribution is -2.48. The summed E-state index contributed by atoms with van der Waals surface area (Å²) in [7, 11) is 0. The number of fused-ring (bicyclic) bond motifs is 3. The second-order valence-electron chi connectivity index (χ2n) is 8.25. The lowest BCUT2D eigenvalue weighted by Gasteiger charge is -2.44. The average molecular weight is 408 g/mol. The molecule has 3 aliphatic rings. The van der Waals surface area contributed by atoms with Crippen LogP contribution in [-0.2, 0) is 13.2 Å². The molecule has 4 heterocycles. The van der Waals surface area contributed by atoms with Crippen molar-refractivity contribution in [2.45, 2.75) is 26.0 Å². The highest BCUT2D eigenvalue weighted by atomic mass is 35.5. The quantitative estimate of drug-likeness (QED) is 0.567. The molecule has 4 nitrogen and oxygen atoms in total. The SMILES string of the molecule is Clc1ccc(-c2cn(CC3CN4CCC3CC4)nc2OCc2ccccc2)cc1. The zero-order chi connectivity index (χ0) is 19.6. The fraction of sp³-hybridized carbons (Fsp3) is 0.375. The minimum absolute atomic E-state index is 0.512. The molecule has 3 aromatic rings. The first-order valence-electron chi connectivity index (χ1n) is 10.5. The van der Waals surface area contributed by atoms with E-state index < -0.39 is 0 Å². The smallest absolute Gasteiger partial charge is 0.241 e. The van der Waals surface area contributed by atoms with E-state index in [0.717, 1.165) is 34.2 Å². The Hall–Kier alpha value is -2.30. The first-order chi connectivity index (χ1) is 14.2. The van der Waals surface area contributed by atoms with Gasteiger partial charge in [0.25, 0.3) is 0 Å². The van der Waals surface area contributed by atoms with Gasteiger partial charge in [-0.2, -0.15) is 0 Å². The molecule has 0 spiro atoms. The van der Waals surface area contributed by atoms with Crippen molar-refractivity contribution in [1.29, 1.82) is 0 Å². The van der Waals surface area contributed by atoms with Crippen LogP contribution in [0.15, 0.2) is 60.8 Å². The maximum Gasteiger partial charge on any atom is 0.241 e. The summed E-state index contributed by atoms with van der Waals surface area (Å²) >= 11 is 6.09. The molecule has 1 atom stereocenters. The average Bonchev–Trinajstić information content (AvgIpc) is 3.17. The molecular formula is C24H26ClN3O. The van der Waals surface area contributed by atoms with Crippen molar-refractivity contribution in [3.05, 3.63) is 71.4 Å². The molecule has 0 amide bonds. The first kappa shape index (κ1) is 18.7. The van der Waals surface area contributed by atoms with Crippen molar-refractivity contribution in [3.63, 3.8) is 0 Å². The molecule has 2 bridgehead atoms. The normalized spacial score (nSPS) is 23.3. The van der Waals surface area contributed by atoms with Crippen LogP contribution in [0.5, 0.6) is 5.88 Å². The Morgan fingerprint density at radius 1 is 1.00 bits per heavy atom. The largest absolute Gasteiger partial charge is 0.471 e. The summed E-state index contributed by atoms with van der Waals surface area (Å²) < 4.78 is 8.26. The van der Waals surface area contributed by atoms with Crippen molar-refractivity contribution in [3.8, 4) is 17.0 Å². The van der Waals surface area contributed by atoms with E-state index in [2.05, 4.69) is 27.9 Å². The Kier molecular flexibility index (Phi) is 5.30. The predicted octanol–water partition coefficient (Wildman–Crippen LogP) is 5.12. The molecule has 6 rings (SSSR count). The highest BCUT2D eigenvalue weighted by Gasteiger charge is 2.34. The van der Waals surface area contributed by atoms with Gasteiger partial charge < -0.3 is 9.64 Å². The number of hydrogen-bond acceptors (Lipinski definition) is 3. The van der Waals surface area contributed by atoms with Crippen LogP contribution < -0.4 is 4.74 Å². The van der Waals surface area contributed by atoms with Gasteiger partial charge in [0.2, 0.25) is 5.88 Å². The summed E-state index contributed by atoms with van der Waals surface area (Å²) in [6.45, 7) is 5.19. The van der Waals surface area contributed by atoms with E-state index in [9.17, 15) is 0 Å². The summed E-state index contributed by atoms with van der Waals surface area (Å²) in [5.41, 5.74) is 3.25. The Morgan fingerprint density at radius 2 is 1.76 bits per heavy atom. The Morgan fingerprint density at radius 3 is 2.45 bits per heavy atom. The molecule has 2 aromatic carbocycles. The summed E-state index contributed by atoms with van der Waals surface area (Å²) in [6, 6.07) is 18.1. The number of aromatic nitrogens is 2. The van der Waals surface area contributed by atoms with E-state index in [0.29, 0.717) is 18.4 Å². The van der Waals surface area contributed by atoms with Crippen LogP contribution in [0.2, 0.25) is 5.02 Å². The maximum absolute atomic E-state index is 6.16. The lowest BCUT2D eigenvalue weighted by molar-refractivity contribution is 0.0403. The number of rotatable bonds is 6. The molecule has 1 unspecified atom stereocenters. The monoisotopic (exact) mass is 407 g/mol. The van der Waals surface area contributed by atoms with Crippen molar-refractivity contribution >= 4 is 11.6 Å². The predicted molar refractivity (Wildman–Crippen MR) is 116 cm³/mol. The number of nitrogens with zero attached hydrogens (tertiary/aromatic N) is 3. The van der Waals surface area contributed by atoms with E-state index in [1.165, 1.54) is 32.5 Å². The molecule has 1 aromatic heterocycles. The van der Waals surface area contributed by atoms with Crippen LogP contribution in [0, 0.1) is 11.8 Å². The second kappa shape index (κ2) is 8.21. The third-order valence-corrected chi connectivity index (χ3v) is 6.57. The highest BCUT2D eigenvalue weighted by molar-refractivity contribution is 6.30. The number of halogens is 1. The van der Waals surface area contributed by atoms with E-state index in [1.807, 2.05) is 42.5 Å². The summed E-state index contributed by atoms with van der Waals surface area (Å²) in [4.78, 5) is 2.60. The molecule has 5 heteroatoms. The molecule has 3 aliphatic heterocycles. The van der Waals surface area contributed by atoms with Crippen LogP contribution in [-0.4, -0.2) is 34.3 Å². The standard InChI is InChI=1S/C24H26ClN3O/c25-22-8-6-20(7-9-22)23-16-28(15-21-14-27-12-10-19(21)11-13-27)26-24(23)29-17-18-4-2-1-3-5-18/h1-9,16,19,21H,10-15,17H2. The van der Waals surface area contributed by atoms with Crippen LogP contribution in [0.3, 0.4) is 0 Å². The number of ether oxygens (including phenoxy) is 1. The summed E-state index contributed by atoms with van der Waals surface area (Å²) in [5.74, 6) is 2.20. The summed E-state index contributed by atoms with van der Waals surface area (Å²) in [5, 5.41) is 5.58. The second-order valence-corrected chi connectivity index (χ2v) is 8.69. The zero-order valence-corrected chi connectivity index (χ0v) is 17.3. The fourth-order valence-corrected chi connectivity index (χ4v) is 4.82. The third-order valence-electron chi connectivity index (χ3n) is 6.31. The van der Waals surface area contributed by atoms with E-state index in [1.54, 1.807) is 0 Å². The molecule has 0 N–H and O–H groups in total. The number of piperidine rings is 3. The molecule has 150 valence electrons. The van der Waals surface area contributed by atoms with E-state index in [4.69, 9.17) is 21.4 Å². The Balaban J connectivity index is 1.39. The molecule has 3 fully saturated rings.